The standard InChI is InChI=1S/C17H28O4/c1-10(2)12-6-8-16(4)13(20-16)7-9-17(5)15(21-17)14(12)19-11(3)18/h10,12-15H,6-9H2,1-5H3/t12-,13+,14+,15+,16+,17-/m0/s1. The second kappa shape index (κ2) is 4.95. The highest BCUT2D eigenvalue weighted by Gasteiger charge is 2.62. The van der Waals surface area contributed by atoms with E-state index in [-0.39, 0.29) is 29.4 Å². The summed E-state index contributed by atoms with van der Waals surface area (Å²) in [4.78, 5) is 11.5. The first-order valence-electron chi connectivity index (χ1n) is 8.28. The first-order valence-corrected chi connectivity index (χ1v) is 8.28. The van der Waals surface area contributed by atoms with Gasteiger partial charge in [-0.1, -0.05) is 13.8 Å². The zero-order valence-electron chi connectivity index (χ0n) is 13.8. The maximum absolute atomic E-state index is 11.5. The van der Waals surface area contributed by atoms with Crippen molar-refractivity contribution in [3.05, 3.63) is 0 Å². The first kappa shape index (κ1) is 15.3. The number of rotatable bonds is 2. The first-order chi connectivity index (χ1) is 9.75. The summed E-state index contributed by atoms with van der Waals surface area (Å²) in [5, 5.41) is 0. The molecule has 2 saturated heterocycles. The van der Waals surface area contributed by atoms with Crippen LogP contribution in [0.25, 0.3) is 0 Å². The highest BCUT2D eigenvalue weighted by Crippen LogP contribution is 2.53. The minimum atomic E-state index is -0.202. The summed E-state index contributed by atoms with van der Waals surface area (Å²) in [5.74, 6) is 0.593. The van der Waals surface area contributed by atoms with E-state index in [1.54, 1.807) is 0 Å². The summed E-state index contributed by atoms with van der Waals surface area (Å²) in [5.41, 5.74) is -0.108. The smallest absolute Gasteiger partial charge is 0.303 e. The predicted molar refractivity (Wildman–Crippen MR) is 78.9 cm³/mol. The van der Waals surface area contributed by atoms with E-state index in [4.69, 9.17) is 14.2 Å². The van der Waals surface area contributed by atoms with Crippen LogP contribution in [-0.2, 0) is 19.0 Å². The molecule has 21 heavy (non-hydrogen) atoms. The summed E-state index contributed by atoms with van der Waals surface area (Å²) >= 11 is 0. The van der Waals surface area contributed by atoms with E-state index in [1.807, 2.05) is 0 Å². The maximum Gasteiger partial charge on any atom is 0.303 e. The van der Waals surface area contributed by atoms with E-state index < -0.39 is 0 Å². The fraction of sp³-hybridized carbons (Fsp3) is 0.941. The minimum absolute atomic E-state index is 0.0337. The van der Waals surface area contributed by atoms with Crippen LogP contribution in [0.15, 0.2) is 0 Å². The number of carbonyl (C=O) groups excluding carboxylic acids is 1. The highest BCUT2D eigenvalue weighted by atomic mass is 16.6. The molecule has 3 aliphatic rings. The van der Waals surface area contributed by atoms with Gasteiger partial charge in [0.2, 0.25) is 0 Å². The van der Waals surface area contributed by atoms with E-state index >= 15 is 0 Å². The van der Waals surface area contributed by atoms with Gasteiger partial charge in [0.1, 0.15) is 12.2 Å². The molecule has 0 bridgehead atoms. The van der Waals surface area contributed by atoms with Gasteiger partial charge >= 0.3 is 5.97 Å². The Morgan fingerprint density at radius 2 is 1.81 bits per heavy atom. The molecule has 0 N–H and O–H groups in total. The molecule has 1 saturated carbocycles. The second-order valence-electron chi connectivity index (χ2n) is 7.83. The molecule has 0 aromatic carbocycles. The Bertz CT molecular complexity index is 435. The molecule has 0 amide bonds. The monoisotopic (exact) mass is 296 g/mol. The molecule has 3 rings (SSSR count). The third-order valence-corrected chi connectivity index (χ3v) is 5.73. The van der Waals surface area contributed by atoms with E-state index in [2.05, 4.69) is 27.7 Å². The molecule has 2 heterocycles. The number of fused-ring (bicyclic) bond motifs is 2. The normalized spacial score (nSPS) is 49.0. The molecule has 2 aliphatic heterocycles. The second-order valence-corrected chi connectivity index (χ2v) is 7.83. The van der Waals surface area contributed by atoms with Crippen molar-refractivity contribution in [2.75, 3.05) is 0 Å². The minimum Gasteiger partial charge on any atom is -0.459 e. The molecular formula is C17H28O4. The van der Waals surface area contributed by atoms with Crippen LogP contribution in [-0.4, -0.2) is 35.5 Å². The topological polar surface area (TPSA) is 51.4 Å². The predicted octanol–water partition coefficient (Wildman–Crippen LogP) is 3.08. The molecule has 0 spiro atoms. The van der Waals surface area contributed by atoms with Gasteiger partial charge in [-0.3, -0.25) is 4.79 Å². The van der Waals surface area contributed by atoms with Gasteiger partial charge in [0, 0.05) is 12.8 Å². The zero-order chi connectivity index (χ0) is 15.4. The van der Waals surface area contributed by atoms with Gasteiger partial charge in [-0.25, -0.2) is 0 Å². The number of hydrogen-bond donors (Lipinski definition) is 0. The molecule has 0 unspecified atom stereocenters. The van der Waals surface area contributed by atoms with E-state index in [0.29, 0.717) is 17.9 Å². The van der Waals surface area contributed by atoms with Crippen molar-refractivity contribution in [1.29, 1.82) is 0 Å². The maximum atomic E-state index is 11.5. The van der Waals surface area contributed by atoms with Crippen molar-refractivity contribution in [1.82, 2.24) is 0 Å². The van der Waals surface area contributed by atoms with Crippen LogP contribution in [0.3, 0.4) is 0 Å². The van der Waals surface area contributed by atoms with Crippen LogP contribution in [0, 0.1) is 11.8 Å². The molecule has 4 heteroatoms. The van der Waals surface area contributed by atoms with Crippen LogP contribution in [0.5, 0.6) is 0 Å². The lowest BCUT2D eigenvalue weighted by Crippen LogP contribution is -2.38. The molecule has 1 aliphatic carbocycles. The van der Waals surface area contributed by atoms with Gasteiger partial charge in [-0.2, -0.15) is 0 Å². The summed E-state index contributed by atoms with van der Waals surface area (Å²) in [6.07, 6.45) is 4.42. The van der Waals surface area contributed by atoms with Crippen molar-refractivity contribution < 1.29 is 19.0 Å². The van der Waals surface area contributed by atoms with Crippen LogP contribution in [0.4, 0.5) is 0 Å². The number of carbonyl (C=O) groups is 1. The lowest BCUT2D eigenvalue weighted by molar-refractivity contribution is -0.151. The molecule has 4 nitrogen and oxygen atoms in total. The van der Waals surface area contributed by atoms with Crippen molar-refractivity contribution in [2.45, 2.75) is 89.8 Å². The number of ether oxygens (including phenoxy) is 3. The summed E-state index contributed by atoms with van der Waals surface area (Å²) in [6, 6.07) is 0. The lowest BCUT2D eigenvalue weighted by atomic mass is 9.78. The van der Waals surface area contributed by atoms with Crippen LogP contribution < -0.4 is 0 Å². The van der Waals surface area contributed by atoms with Gasteiger partial charge in [-0.15, -0.1) is 0 Å². The van der Waals surface area contributed by atoms with Crippen LogP contribution in [0.1, 0.15) is 60.3 Å². The van der Waals surface area contributed by atoms with Crippen molar-refractivity contribution >= 4 is 5.97 Å². The summed E-state index contributed by atoms with van der Waals surface area (Å²) in [6.45, 7) is 10.3. The number of esters is 1. The zero-order valence-corrected chi connectivity index (χ0v) is 13.8. The van der Waals surface area contributed by atoms with Crippen LogP contribution in [0.2, 0.25) is 0 Å². The molecule has 0 aromatic heterocycles. The van der Waals surface area contributed by atoms with Gasteiger partial charge < -0.3 is 14.2 Å². The average Bonchev–Trinajstić information content (AvgIpc) is 3.21. The van der Waals surface area contributed by atoms with Crippen molar-refractivity contribution in [3.63, 3.8) is 0 Å². The third-order valence-electron chi connectivity index (χ3n) is 5.73. The van der Waals surface area contributed by atoms with Crippen LogP contribution >= 0.6 is 0 Å². The molecular weight excluding hydrogens is 268 g/mol. The summed E-state index contributed by atoms with van der Waals surface area (Å²) in [7, 11) is 0. The van der Waals surface area contributed by atoms with E-state index in [9.17, 15) is 4.79 Å². The van der Waals surface area contributed by atoms with E-state index in [0.717, 1.165) is 25.7 Å². The van der Waals surface area contributed by atoms with Gasteiger partial charge in [0.05, 0.1) is 17.3 Å². The Balaban J connectivity index is 1.82. The molecule has 6 atom stereocenters. The SMILES string of the molecule is CC(=O)O[C@H]1[C@H]2O[C@@]2(C)CC[C@H]2O[C@]2(C)CC[C@H]1C(C)C. The number of hydrogen-bond acceptors (Lipinski definition) is 4. The quantitative estimate of drug-likeness (QED) is 0.580. The van der Waals surface area contributed by atoms with Crippen molar-refractivity contribution in [3.8, 4) is 0 Å². The highest BCUT2D eigenvalue weighted by molar-refractivity contribution is 5.66. The Kier molecular flexibility index (Phi) is 3.61. The Morgan fingerprint density at radius 1 is 1.14 bits per heavy atom. The van der Waals surface area contributed by atoms with Crippen molar-refractivity contribution in [2.24, 2.45) is 11.8 Å². The fourth-order valence-corrected chi connectivity index (χ4v) is 4.06. The fourth-order valence-electron chi connectivity index (χ4n) is 4.06. The van der Waals surface area contributed by atoms with Gasteiger partial charge in [0.15, 0.2) is 0 Å². The summed E-state index contributed by atoms with van der Waals surface area (Å²) < 4.78 is 17.6. The Morgan fingerprint density at radius 3 is 2.43 bits per heavy atom. The Labute approximate surface area is 127 Å². The number of epoxide rings is 2. The van der Waals surface area contributed by atoms with Gasteiger partial charge in [-0.05, 0) is 45.4 Å². The Hall–Kier alpha value is -0.610. The molecule has 120 valence electrons. The average molecular weight is 296 g/mol. The molecule has 0 radical (unpaired) electrons. The third kappa shape index (κ3) is 2.85. The molecule has 0 aromatic rings. The molecule has 3 fully saturated rings. The van der Waals surface area contributed by atoms with E-state index in [1.165, 1.54) is 6.92 Å². The largest absolute Gasteiger partial charge is 0.459 e. The lowest BCUT2D eigenvalue weighted by Gasteiger charge is -2.30. The van der Waals surface area contributed by atoms with Gasteiger partial charge in [0.25, 0.3) is 0 Å².